The highest BCUT2D eigenvalue weighted by Gasteiger charge is 2.09. The molecule has 140 valence electrons. The number of thiocarbonyl (C=S) groups is 1. The second-order valence-corrected chi connectivity index (χ2v) is 6.39. The number of hydrazine groups is 1. The predicted octanol–water partition coefficient (Wildman–Crippen LogP) is 2.95. The fourth-order valence-electron chi connectivity index (χ4n) is 1.92. The standard InChI is InChI=1S/C18H15BrFN3O3S/c1-26-15-8-5-12(10-14(15)19)17(25)22-23-18(27)21-16(24)9-4-11-2-6-13(20)7-3-11/h2-10H,1H3,(H,22,25)(H2,21,23,24,27). The molecule has 2 rings (SSSR count). The summed E-state index contributed by atoms with van der Waals surface area (Å²) in [6.07, 6.45) is 2.74. The maximum absolute atomic E-state index is 12.8. The van der Waals surface area contributed by atoms with Crippen molar-refractivity contribution in [3.63, 3.8) is 0 Å². The number of ether oxygens (including phenoxy) is 1. The fraction of sp³-hybridized carbons (Fsp3) is 0.0556. The molecule has 2 amide bonds. The van der Waals surface area contributed by atoms with Gasteiger partial charge in [-0.05, 0) is 70.1 Å². The largest absolute Gasteiger partial charge is 0.496 e. The molecule has 2 aromatic carbocycles. The molecule has 2 aromatic rings. The number of amides is 2. The van der Waals surface area contributed by atoms with Gasteiger partial charge in [0.1, 0.15) is 11.6 Å². The molecule has 0 aromatic heterocycles. The van der Waals surface area contributed by atoms with Crippen LogP contribution in [0.5, 0.6) is 5.75 Å². The van der Waals surface area contributed by atoms with Gasteiger partial charge in [0.25, 0.3) is 5.91 Å². The van der Waals surface area contributed by atoms with Crippen molar-refractivity contribution in [2.45, 2.75) is 0 Å². The number of nitrogens with one attached hydrogen (secondary N) is 3. The molecule has 0 radical (unpaired) electrons. The Kier molecular flexibility index (Phi) is 7.44. The van der Waals surface area contributed by atoms with E-state index >= 15 is 0 Å². The molecule has 3 N–H and O–H groups in total. The number of benzene rings is 2. The Morgan fingerprint density at radius 1 is 1.15 bits per heavy atom. The molecule has 0 saturated carbocycles. The molecule has 0 saturated heterocycles. The van der Waals surface area contributed by atoms with E-state index in [1.54, 1.807) is 18.2 Å². The Balaban J connectivity index is 1.82. The first kappa shape index (κ1) is 20.5. The quantitative estimate of drug-likeness (QED) is 0.378. The molecule has 0 aliphatic rings. The molecule has 0 atom stereocenters. The number of methoxy groups -OCH3 is 1. The van der Waals surface area contributed by atoms with Crippen LogP contribution in [0.25, 0.3) is 6.08 Å². The molecular formula is C18H15BrFN3O3S. The van der Waals surface area contributed by atoms with E-state index in [2.05, 4.69) is 32.1 Å². The topological polar surface area (TPSA) is 79.5 Å². The number of hydrogen-bond donors (Lipinski definition) is 3. The van der Waals surface area contributed by atoms with Crippen LogP contribution in [0.4, 0.5) is 4.39 Å². The third kappa shape index (κ3) is 6.46. The monoisotopic (exact) mass is 451 g/mol. The van der Waals surface area contributed by atoms with Crippen molar-refractivity contribution < 1.29 is 18.7 Å². The van der Waals surface area contributed by atoms with Crippen molar-refractivity contribution in [2.75, 3.05) is 7.11 Å². The van der Waals surface area contributed by atoms with E-state index in [0.29, 0.717) is 21.3 Å². The van der Waals surface area contributed by atoms with Crippen molar-refractivity contribution in [2.24, 2.45) is 0 Å². The molecule has 0 fully saturated rings. The molecule has 27 heavy (non-hydrogen) atoms. The first-order valence-corrected chi connectivity index (χ1v) is 8.77. The van der Waals surface area contributed by atoms with Gasteiger partial charge < -0.3 is 4.74 Å². The Hall–Kier alpha value is -2.78. The van der Waals surface area contributed by atoms with Gasteiger partial charge in [-0.3, -0.25) is 25.8 Å². The van der Waals surface area contributed by atoms with E-state index in [9.17, 15) is 14.0 Å². The number of carbonyl (C=O) groups excluding carboxylic acids is 2. The summed E-state index contributed by atoms with van der Waals surface area (Å²) < 4.78 is 18.5. The smallest absolute Gasteiger partial charge is 0.269 e. The zero-order valence-electron chi connectivity index (χ0n) is 14.1. The van der Waals surface area contributed by atoms with Crippen molar-refractivity contribution in [3.05, 3.63) is 70.0 Å². The Labute approximate surface area is 168 Å². The van der Waals surface area contributed by atoms with Crippen molar-refractivity contribution in [1.82, 2.24) is 16.2 Å². The summed E-state index contributed by atoms with van der Waals surface area (Å²) in [7, 11) is 1.52. The summed E-state index contributed by atoms with van der Waals surface area (Å²) in [4.78, 5) is 23.9. The predicted molar refractivity (Wildman–Crippen MR) is 107 cm³/mol. The molecule has 0 bridgehead atoms. The molecule has 0 aliphatic heterocycles. The van der Waals surface area contributed by atoms with Gasteiger partial charge in [0.2, 0.25) is 5.91 Å². The highest BCUT2D eigenvalue weighted by molar-refractivity contribution is 9.10. The summed E-state index contributed by atoms with van der Waals surface area (Å²) in [5.74, 6) is -0.716. The van der Waals surface area contributed by atoms with Crippen LogP contribution in [0.1, 0.15) is 15.9 Å². The van der Waals surface area contributed by atoms with Crippen molar-refractivity contribution in [1.29, 1.82) is 0 Å². The second-order valence-electron chi connectivity index (χ2n) is 5.13. The SMILES string of the molecule is COc1ccc(C(=O)NNC(=S)NC(=O)C=Cc2ccc(F)cc2)cc1Br. The zero-order chi connectivity index (χ0) is 19.8. The highest BCUT2D eigenvalue weighted by Crippen LogP contribution is 2.25. The molecule has 9 heteroatoms. The van der Waals surface area contributed by atoms with Gasteiger partial charge in [0.05, 0.1) is 11.6 Å². The lowest BCUT2D eigenvalue weighted by Crippen LogP contribution is -2.48. The number of halogens is 2. The molecule has 6 nitrogen and oxygen atoms in total. The lowest BCUT2D eigenvalue weighted by atomic mass is 10.2. The lowest BCUT2D eigenvalue weighted by molar-refractivity contribution is -0.115. The Morgan fingerprint density at radius 3 is 2.48 bits per heavy atom. The van der Waals surface area contributed by atoms with Gasteiger partial charge in [-0.2, -0.15) is 0 Å². The van der Waals surface area contributed by atoms with Gasteiger partial charge >= 0.3 is 0 Å². The summed E-state index contributed by atoms with van der Waals surface area (Å²) in [5, 5.41) is 2.30. The molecule has 0 aliphatic carbocycles. The Morgan fingerprint density at radius 2 is 1.85 bits per heavy atom. The van der Waals surface area contributed by atoms with E-state index in [0.717, 1.165) is 0 Å². The number of hydrogen-bond acceptors (Lipinski definition) is 4. The molecule has 0 unspecified atom stereocenters. The van der Waals surface area contributed by atoms with E-state index in [4.69, 9.17) is 17.0 Å². The third-order valence-corrected chi connectivity index (χ3v) is 4.06. The van der Waals surface area contributed by atoms with E-state index in [1.165, 1.54) is 43.5 Å². The van der Waals surface area contributed by atoms with Crippen LogP contribution in [0, 0.1) is 5.82 Å². The summed E-state index contributed by atoms with van der Waals surface area (Å²) >= 11 is 8.23. The van der Waals surface area contributed by atoms with Gasteiger partial charge in [-0.25, -0.2) is 4.39 Å². The van der Waals surface area contributed by atoms with Crippen LogP contribution < -0.4 is 20.9 Å². The second kappa shape index (κ2) is 9.79. The first-order valence-electron chi connectivity index (χ1n) is 7.57. The van der Waals surface area contributed by atoms with E-state index in [-0.39, 0.29) is 10.9 Å². The number of carbonyl (C=O) groups is 2. The Bertz CT molecular complexity index is 888. The van der Waals surface area contributed by atoms with Crippen LogP contribution in [0.15, 0.2) is 53.0 Å². The van der Waals surface area contributed by atoms with Crippen molar-refractivity contribution in [3.8, 4) is 5.75 Å². The lowest BCUT2D eigenvalue weighted by Gasteiger charge is -2.10. The minimum Gasteiger partial charge on any atom is -0.496 e. The summed E-state index contributed by atoms with van der Waals surface area (Å²) in [6.45, 7) is 0. The molecular weight excluding hydrogens is 437 g/mol. The maximum atomic E-state index is 12.8. The maximum Gasteiger partial charge on any atom is 0.269 e. The van der Waals surface area contributed by atoms with E-state index in [1.807, 2.05) is 0 Å². The van der Waals surface area contributed by atoms with Crippen LogP contribution in [0.3, 0.4) is 0 Å². The highest BCUT2D eigenvalue weighted by atomic mass is 79.9. The normalized spacial score (nSPS) is 10.3. The van der Waals surface area contributed by atoms with Crippen molar-refractivity contribution >= 4 is 51.2 Å². The average Bonchev–Trinajstić information content (AvgIpc) is 2.65. The summed E-state index contributed by atoms with van der Waals surface area (Å²) in [6, 6.07) is 10.4. The van der Waals surface area contributed by atoms with Crippen LogP contribution in [0.2, 0.25) is 0 Å². The summed E-state index contributed by atoms with van der Waals surface area (Å²) in [5.41, 5.74) is 5.83. The number of rotatable bonds is 4. The van der Waals surface area contributed by atoms with Gasteiger partial charge in [-0.15, -0.1) is 0 Å². The van der Waals surface area contributed by atoms with Crippen LogP contribution in [-0.4, -0.2) is 24.0 Å². The minimum absolute atomic E-state index is 0.0790. The minimum atomic E-state index is -0.502. The fourth-order valence-corrected chi connectivity index (χ4v) is 2.62. The van der Waals surface area contributed by atoms with E-state index < -0.39 is 11.8 Å². The molecule has 0 spiro atoms. The van der Waals surface area contributed by atoms with Gasteiger partial charge in [0, 0.05) is 11.6 Å². The van der Waals surface area contributed by atoms with Crippen LogP contribution >= 0.6 is 28.1 Å². The molecule has 0 heterocycles. The third-order valence-electron chi connectivity index (χ3n) is 3.24. The average molecular weight is 452 g/mol. The van der Waals surface area contributed by atoms with Crippen LogP contribution in [-0.2, 0) is 4.79 Å². The van der Waals surface area contributed by atoms with Gasteiger partial charge in [0.15, 0.2) is 5.11 Å². The zero-order valence-corrected chi connectivity index (χ0v) is 16.5. The van der Waals surface area contributed by atoms with Gasteiger partial charge in [-0.1, -0.05) is 12.1 Å². The first-order chi connectivity index (χ1) is 12.9.